The predicted molar refractivity (Wildman–Crippen MR) is 55.6 cm³/mol. The van der Waals surface area contributed by atoms with Crippen LogP contribution in [-0.4, -0.2) is 43.4 Å². The van der Waals surface area contributed by atoms with Crippen molar-refractivity contribution in [2.24, 2.45) is 5.73 Å². The van der Waals surface area contributed by atoms with Crippen molar-refractivity contribution in [2.45, 2.75) is 13.3 Å². The molecule has 0 unspecified atom stereocenters. The van der Waals surface area contributed by atoms with E-state index < -0.39 is 15.9 Å². The predicted octanol–water partition coefficient (Wildman–Crippen LogP) is -0.248. The van der Waals surface area contributed by atoms with Gasteiger partial charge in [-0.05, 0) is 6.42 Å². The molecule has 5 nitrogen and oxygen atoms in total. The van der Waals surface area contributed by atoms with E-state index in [1.807, 2.05) is 0 Å². The van der Waals surface area contributed by atoms with Gasteiger partial charge in [0, 0.05) is 12.4 Å². The van der Waals surface area contributed by atoms with Gasteiger partial charge in [0.1, 0.15) is 0 Å². The van der Waals surface area contributed by atoms with E-state index in [1.54, 1.807) is 6.92 Å². The van der Waals surface area contributed by atoms with E-state index in [0.717, 1.165) is 4.31 Å². The molecule has 0 aromatic carbocycles. The zero-order chi connectivity index (χ0) is 11.2. The lowest BCUT2D eigenvalue weighted by molar-refractivity contribution is -0.118. The third-order valence-corrected chi connectivity index (χ3v) is 3.86. The number of amides is 1. The van der Waals surface area contributed by atoms with Gasteiger partial charge >= 0.3 is 0 Å². The monoisotopic (exact) mass is 242 g/mol. The molecule has 1 amide bonds. The number of carbonyl (C=O) groups is 1. The minimum atomic E-state index is -3.38. The normalized spacial score (nSPS) is 11.9. The molecule has 0 aliphatic carbocycles. The molecular formula is C7H15ClN2O3S. The molecule has 0 heterocycles. The minimum Gasteiger partial charge on any atom is -0.369 e. The fourth-order valence-electron chi connectivity index (χ4n) is 0.947. The summed E-state index contributed by atoms with van der Waals surface area (Å²) in [6, 6.07) is 0. The molecule has 84 valence electrons. The van der Waals surface area contributed by atoms with Crippen LogP contribution >= 0.6 is 11.6 Å². The zero-order valence-corrected chi connectivity index (χ0v) is 9.64. The largest absolute Gasteiger partial charge is 0.369 e. The maximum absolute atomic E-state index is 11.5. The Morgan fingerprint density at radius 3 is 2.43 bits per heavy atom. The first-order valence-corrected chi connectivity index (χ1v) is 6.40. The summed E-state index contributed by atoms with van der Waals surface area (Å²) in [6.07, 6.45) is 0.374. The first-order chi connectivity index (χ1) is 6.44. The SMILES string of the molecule is CCN(CC(N)=O)S(=O)(=O)CCCCl. The summed E-state index contributed by atoms with van der Waals surface area (Å²) in [6.45, 7) is 1.63. The molecule has 2 N–H and O–H groups in total. The lowest BCUT2D eigenvalue weighted by Crippen LogP contribution is -2.39. The molecule has 0 aromatic rings. The second-order valence-electron chi connectivity index (χ2n) is 2.75. The van der Waals surface area contributed by atoms with Gasteiger partial charge in [-0.1, -0.05) is 6.92 Å². The quantitative estimate of drug-likeness (QED) is 0.626. The van der Waals surface area contributed by atoms with Crippen molar-refractivity contribution in [3.05, 3.63) is 0 Å². The van der Waals surface area contributed by atoms with Crippen molar-refractivity contribution >= 4 is 27.5 Å². The molecule has 0 aromatic heterocycles. The minimum absolute atomic E-state index is 0.0440. The lowest BCUT2D eigenvalue weighted by Gasteiger charge is -2.18. The van der Waals surface area contributed by atoms with Crippen molar-refractivity contribution in [1.82, 2.24) is 4.31 Å². The highest BCUT2D eigenvalue weighted by molar-refractivity contribution is 7.89. The van der Waals surface area contributed by atoms with E-state index in [0.29, 0.717) is 6.42 Å². The van der Waals surface area contributed by atoms with Crippen LogP contribution in [0.1, 0.15) is 13.3 Å². The maximum atomic E-state index is 11.5. The summed E-state index contributed by atoms with van der Waals surface area (Å²) < 4.78 is 24.1. The Labute approximate surface area is 89.3 Å². The lowest BCUT2D eigenvalue weighted by atomic mass is 10.6. The van der Waals surface area contributed by atoms with E-state index in [9.17, 15) is 13.2 Å². The van der Waals surface area contributed by atoms with Gasteiger partial charge in [0.15, 0.2) is 0 Å². The van der Waals surface area contributed by atoms with E-state index >= 15 is 0 Å². The van der Waals surface area contributed by atoms with Crippen molar-refractivity contribution in [2.75, 3.05) is 24.7 Å². The van der Waals surface area contributed by atoms with Crippen LogP contribution in [0.5, 0.6) is 0 Å². The molecule has 0 rings (SSSR count). The first-order valence-electron chi connectivity index (χ1n) is 4.26. The number of likely N-dealkylation sites (N-methyl/N-ethyl adjacent to an activating group) is 1. The third-order valence-electron chi connectivity index (χ3n) is 1.61. The van der Waals surface area contributed by atoms with Crippen LogP contribution < -0.4 is 5.73 Å². The number of alkyl halides is 1. The number of carbonyl (C=O) groups excluding carboxylic acids is 1. The van der Waals surface area contributed by atoms with E-state index in [-0.39, 0.29) is 24.7 Å². The van der Waals surface area contributed by atoms with Gasteiger partial charge in [0.2, 0.25) is 15.9 Å². The summed E-state index contributed by atoms with van der Waals surface area (Å²) in [7, 11) is -3.38. The smallest absolute Gasteiger partial charge is 0.232 e. The van der Waals surface area contributed by atoms with Crippen LogP contribution in [0.3, 0.4) is 0 Å². The molecule has 0 saturated heterocycles. The Kier molecular flexibility index (Phi) is 6.06. The second-order valence-corrected chi connectivity index (χ2v) is 5.22. The van der Waals surface area contributed by atoms with Gasteiger partial charge in [-0.15, -0.1) is 11.6 Å². The molecule has 0 atom stereocenters. The van der Waals surface area contributed by atoms with Gasteiger partial charge in [-0.25, -0.2) is 8.42 Å². The van der Waals surface area contributed by atoms with Crippen LogP contribution in [-0.2, 0) is 14.8 Å². The topological polar surface area (TPSA) is 80.5 Å². The molecule has 14 heavy (non-hydrogen) atoms. The Bertz CT molecular complexity index is 279. The Balaban J connectivity index is 4.41. The molecule has 0 bridgehead atoms. The molecule has 0 radical (unpaired) electrons. The van der Waals surface area contributed by atoms with E-state index in [4.69, 9.17) is 17.3 Å². The molecule has 0 aliphatic rings. The standard InChI is InChI=1S/C7H15ClN2O3S/c1-2-10(6-7(9)11)14(12,13)5-3-4-8/h2-6H2,1H3,(H2,9,11). The second kappa shape index (κ2) is 6.21. The number of nitrogens with zero attached hydrogens (tertiary/aromatic N) is 1. The summed E-state index contributed by atoms with van der Waals surface area (Å²) in [5, 5.41) is 0. The molecule has 7 heteroatoms. The van der Waals surface area contributed by atoms with Gasteiger partial charge < -0.3 is 5.73 Å². The van der Waals surface area contributed by atoms with Gasteiger partial charge in [0.05, 0.1) is 12.3 Å². The average Bonchev–Trinajstić information content (AvgIpc) is 2.10. The average molecular weight is 243 g/mol. The highest BCUT2D eigenvalue weighted by Gasteiger charge is 2.21. The number of halogens is 1. The van der Waals surface area contributed by atoms with Crippen molar-refractivity contribution in [3.63, 3.8) is 0 Å². The van der Waals surface area contributed by atoms with Crippen LogP contribution in [0.2, 0.25) is 0 Å². The van der Waals surface area contributed by atoms with Gasteiger partial charge in [-0.3, -0.25) is 4.79 Å². The number of rotatable bonds is 7. The number of sulfonamides is 1. The summed E-state index contributed by atoms with van der Waals surface area (Å²) in [4.78, 5) is 10.6. The number of hydrogen-bond donors (Lipinski definition) is 1. The number of hydrogen-bond acceptors (Lipinski definition) is 3. The Hall–Kier alpha value is -0.330. The Morgan fingerprint density at radius 1 is 1.50 bits per heavy atom. The van der Waals surface area contributed by atoms with Crippen LogP contribution in [0.15, 0.2) is 0 Å². The van der Waals surface area contributed by atoms with Crippen LogP contribution in [0.4, 0.5) is 0 Å². The Morgan fingerprint density at radius 2 is 2.07 bits per heavy atom. The van der Waals surface area contributed by atoms with Gasteiger partial charge in [0.25, 0.3) is 0 Å². The molecule has 0 spiro atoms. The van der Waals surface area contributed by atoms with Crippen molar-refractivity contribution in [1.29, 1.82) is 0 Å². The summed E-state index contributed by atoms with van der Waals surface area (Å²) in [5.41, 5.74) is 4.92. The molecule has 0 saturated carbocycles. The van der Waals surface area contributed by atoms with Crippen molar-refractivity contribution in [3.8, 4) is 0 Å². The van der Waals surface area contributed by atoms with Gasteiger partial charge in [-0.2, -0.15) is 4.31 Å². The molecule has 0 aliphatic heterocycles. The highest BCUT2D eigenvalue weighted by atomic mass is 35.5. The maximum Gasteiger partial charge on any atom is 0.232 e. The van der Waals surface area contributed by atoms with Crippen LogP contribution in [0, 0.1) is 0 Å². The van der Waals surface area contributed by atoms with Crippen LogP contribution in [0.25, 0.3) is 0 Å². The highest BCUT2D eigenvalue weighted by Crippen LogP contribution is 2.03. The fourth-order valence-corrected chi connectivity index (χ4v) is 2.72. The van der Waals surface area contributed by atoms with E-state index in [1.165, 1.54) is 0 Å². The molecule has 0 fully saturated rings. The number of primary amides is 1. The fraction of sp³-hybridized carbons (Fsp3) is 0.857. The first kappa shape index (κ1) is 13.7. The van der Waals surface area contributed by atoms with Crippen molar-refractivity contribution < 1.29 is 13.2 Å². The third kappa shape index (κ3) is 4.78. The van der Waals surface area contributed by atoms with E-state index in [2.05, 4.69) is 0 Å². The number of nitrogens with two attached hydrogens (primary N) is 1. The zero-order valence-electron chi connectivity index (χ0n) is 8.07. The summed E-state index contributed by atoms with van der Waals surface area (Å²) in [5.74, 6) is -0.411. The summed E-state index contributed by atoms with van der Waals surface area (Å²) >= 11 is 5.39. The molecular weight excluding hydrogens is 228 g/mol.